The molecule has 1 atom stereocenters. The first-order valence-electron chi connectivity index (χ1n) is 8.51. The SMILES string of the molecule is COc1cncc(C(=O)NC2(C)CCN(C(=O)c3cc4occc4[nH]3)C2)n1. The van der Waals surface area contributed by atoms with E-state index >= 15 is 0 Å². The molecule has 9 heteroatoms. The van der Waals surface area contributed by atoms with Gasteiger partial charge in [-0.15, -0.1) is 0 Å². The molecular formula is C18H19N5O4. The number of aromatic nitrogens is 3. The van der Waals surface area contributed by atoms with Gasteiger partial charge in [0.1, 0.15) is 11.4 Å². The minimum Gasteiger partial charge on any atom is -0.480 e. The highest BCUT2D eigenvalue weighted by atomic mass is 16.5. The van der Waals surface area contributed by atoms with Gasteiger partial charge in [0.2, 0.25) is 5.88 Å². The summed E-state index contributed by atoms with van der Waals surface area (Å²) in [7, 11) is 1.46. The molecule has 1 aliphatic rings. The molecule has 3 aromatic heterocycles. The standard InChI is InChI=1S/C18H19N5O4/c1-18(22-16(24)13-8-19-9-15(21-13)26-2)4-5-23(10-18)17(25)12-7-14-11(20-12)3-6-27-14/h3,6-9,20H,4-5,10H2,1-2H3,(H,22,24). The molecule has 0 aliphatic carbocycles. The fraction of sp³-hybridized carbons (Fsp3) is 0.333. The van der Waals surface area contributed by atoms with E-state index < -0.39 is 5.54 Å². The molecule has 27 heavy (non-hydrogen) atoms. The molecule has 1 fully saturated rings. The highest BCUT2D eigenvalue weighted by molar-refractivity contribution is 5.97. The average Bonchev–Trinajstić information content (AvgIpc) is 3.36. The molecule has 140 valence electrons. The fourth-order valence-corrected chi connectivity index (χ4v) is 3.26. The molecule has 9 nitrogen and oxygen atoms in total. The minimum absolute atomic E-state index is 0.124. The Labute approximate surface area is 154 Å². The van der Waals surface area contributed by atoms with Gasteiger partial charge in [-0.2, -0.15) is 0 Å². The Kier molecular flexibility index (Phi) is 4.06. The normalized spacial score (nSPS) is 19.4. The van der Waals surface area contributed by atoms with Gasteiger partial charge < -0.3 is 24.4 Å². The predicted octanol–water partition coefficient (Wildman–Crippen LogP) is 1.59. The molecule has 1 saturated heterocycles. The lowest BCUT2D eigenvalue weighted by atomic mass is 10.0. The van der Waals surface area contributed by atoms with Gasteiger partial charge in [0, 0.05) is 25.2 Å². The van der Waals surface area contributed by atoms with E-state index in [1.807, 2.05) is 6.92 Å². The largest absolute Gasteiger partial charge is 0.480 e. The van der Waals surface area contributed by atoms with Crippen LogP contribution in [0.25, 0.3) is 11.1 Å². The van der Waals surface area contributed by atoms with Crippen LogP contribution in [0, 0.1) is 0 Å². The molecule has 4 rings (SSSR count). The lowest BCUT2D eigenvalue weighted by Gasteiger charge is -2.25. The summed E-state index contributed by atoms with van der Waals surface area (Å²) in [5.74, 6) is -0.205. The maximum atomic E-state index is 12.7. The molecule has 0 bridgehead atoms. The van der Waals surface area contributed by atoms with Crippen molar-refractivity contribution < 1.29 is 18.7 Å². The number of carbonyl (C=O) groups is 2. The van der Waals surface area contributed by atoms with Crippen LogP contribution in [0.3, 0.4) is 0 Å². The Balaban J connectivity index is 1.44. The lowest BCUT2D eigenvalue weighted by molar-refractivity contribution is 0.0764. The van der Waals surface area contributed by atoms with Gasteiger partial charge in [0.15, 0.2) is 5.58 Å². The molecule has 2 N–H and O–H groups in total. The van der Waals surface area contributed by atoms with Crippen LogP contribution in [0.4, 0.5) is 0 Å². The molecule has 3 aromatic rings. The number of fused-ring (bicyclic) bond motifs is 1. The van der Waals surface area contributed by atoms with Gasteiger partial charge in [-0.1, -0.05) is 0 Å². The summed E-state index contributed by atoms with van der Waals surface area (Å²) in [6.45, 7) is 2.85. The Morgan fingerprint density at radius 2 is 2.26 bits per heavy atom. The zero-order chi connectivity index (χ0) is 19.0. The van der Waals surface area contributed by atoms with E-state index in [0.717, 1.165) is 5.52 Å². The van der Waals surface area contributed by atoms with E-state index in [2.05, 4.69) is 20.3 Å². The van der Waals surface area contributed by atoms with E-state index in [4.69, 9.17) is 9.15 Å². The number of amides is 2. The summed E-state index contributed by atoms with van der Waals surface area (Å²) in [6.07, 6.45) is 5.02. The number of nitrogens with zero attached hydrogens (tertiary/aromatic N) is 3. The zero-order valence-corrected chi connectivity index (χ0v) is 15.0. The van der Waals surface area contributed by atoms with Crippen molar-refractivity contribution in [3.8, 4) is 5.88 Å². The molecule has 1 unspecified atom stereocenters. The number of rotatable bonds is 4. The second kappa shape index (κ2) is 6.42. The summed E-state index contributed by atoms with van der Waals surface area (Å²) in [5.41, 5.74) is 1.52. The maximum absolute atomic E-state index is 12.7. The van der Waals surface area contributed by atoms with Crippen molar-refractivity contribution in [3.63, 3.8) is 0 Å². The summed E-state index contributed by atoms with van der Waals surface area (Å²) in [5, 5.41) is 2.96. The van der Waals surface area contributed by atoms with Gasteiger partial charge in [0.05, 0.1) is 36.8 Å². The third-order valence-corrected chi connectivity index (χ3v) is 4.70. The monoisotopic (exact) mass is 369 g/mol. The Morgan fingerprint density at radius 3 is 3.04 bits per heavy atom. The van der Waals surface area contributed by atoms with Crippen molar-refractivity contribution in [2.45, 2.75) is 18.9 Å². The first kappa shape index (κ1) is 17.1. The van der Waals surface area contributed by atoms with Crippen LogP contribution >= 0.6 is 0 Å². The van der Waals surface area contributed by atoms with Crippen LogP contribution in [-0.2, 0) is 0 Å². The maximum Gasteiger partial charge on any atom is 0.272 e. The van der Waals surface area contributed by atoms with Gasteiger partial charge in [-0.25, -0.2) is 4.98 Å². The number of aromatic amines is 1. The Hall–Kier alpha value is -3.36. The zero-order valence-electron chi connectivity index (χ0n) is 15.0. The Bertz CT molecular complexity index is 982. The lowest BCUT2D eigenvalue weighted by Crippen LogP contribution is -2.48. The number of nitrogens with one attached hydrogen (secondary N) is 2. The van der Waals surface area contributed by atoms with E-state index in [0.29, 0.717) is 30.8 Å². The number of furan rings is 1. The second-order valence-electron chi connectivity index (χ2n) is 6.82. The average molecular weight is 369 g/mol. The van der Waals surface area contributed by atoms with Crippen molar-refractivity contribution in [3.05, 3.63) is 42.2 Å². The molecular weight excluding hydrogens is 350 g/mol. The fourth-order valence-electron chi connectivity index (χ4n) is 3.26. The summed E-state index contributed by atoms with van der Waals surface area (Å²) < 4.78 is 10.3. The van der Waals surface area contributed by atoms with E-state index in [-0.39, 0.29) is 23.4 Å². The number of likely N-dealkylation sites (tertiary alicyclic amines) is 1. The van der Waals surface area contributed by atoms with Crippen LogP contribution in [0.5, 0.6) is 5.88 Å². The summed E-state index contributed by atoms with van der Waals surface area (Å²) in [6, 6.07) is 3.47. The van der Waals surface area contributed by atoms with E-state index in [1.54, 1.807) is 23.3 Å². The van der Waals surface area contributed by atoms with Gasteiger partial charge >= 0.3 is 0 Å². The first-order chi connectivity index (χ1) is 13.0. The van der Waals surface area contributed by atoms with Gasteiger partial charge in [-0.05, 0) is 13.3 Å². The molecule has 0 aromatic carbocycles. The molecule has 0 spiro atoms. The number of H-pyrrole nitrogens is 1. The van der Waals surface area contributed by atoms with E-state index in [9.17, 15) is 9.59 Å². The number of methoxy groups -OCH3 is 1. The Morgan fingerprint density at radius 1 is 1.41 bits per heavy atom. The number of hydrogen-bond donors (Lipinski definition) is 2. The number of hydrogen-bond acceptors (Lipinski definition) is 6. The third-order valence-electron chi connectivity index (χ3n) is 4.70. The summed E-state index contributed by atoms with van der Waals surface area (Å²) in [4.78, 5) is 38.1. The first-order valence-corrected chi connectivity index (χ1v) is 8.51. The predicted molar refractivity (Wildman–Crippen MR) is 95.5 cm³/mol. The second-order valence-corrected chi connectivity index (χ2v) is 6.82. The van der Waals surface area contributed by atoms with Gasteiger partial charge in [0.25, 0.3) is 11.8 Å². The van der Waals surface area contributed by atoms with Crippen molar-refractivity contribution in [2.75, 3.05) is 20.2 Å². The molecule has 4 heterocycles. The molecule has 0 radical (unpaired) electrons. The summed E-state index contributed by atoms with van der Waals surface area (Å²) >= 11 is 0. The van der Waals surface area contributed by atoms with Crippen LogP contribution in [0.15, 0.2) is 35.2 Å². The molecule has 1 aliphatic heterocycles. The number of ether oxygens (including phenoxy) is 1. The van der Waals surface area contributed by atoms with Crippen molar-refractivity contribution in [2.24, 2.45) is 0 Å². The highest BCUT2D eigenvalue weighted by Gasteiger charge is 2.38. The van der Waals surface area contributed by atoms with Crippen LogP contribution < -0.4 is 10.1 Å². The van der Waals surface area contributed by atoms with Crippen molar-refractivity contribution in [1.82, 2.24) is 25.2 Å². The molecule has 0 saturated carbocycles. The number of carbonyl (C=O) groups excluding carboxylic acids is 2. The van der Waals surface area contributed by atoms with Crippen LogP contribution in [0.2, 0.25) is 0 Å². The van der Waals surface area contributed by atoms with Crippen LogP contribution in [-0.4, -0.2) is 57.4 Å². The third kappa shape index (κ3) is 3.23. The molecule has 2 amide bonds. The highest BCUT2D eigenvalue weighted by Crippen LogP contribution is 2.24. The van der Waals surface area contributed by atoms with Gasteiger partial charge in [-0.3, -0.25) is 14.6 Å². The van der Waals surface area contributed by atoms with Crippen molar-refractivity contribution in [1.29, 1.82) is 0 Å². The minimum atomic E-state index is -0.552. The van der Waals surface area contributed by atoms with E-state index in [1.165, 1.54) is 19.5 Å². The van der Waals surface area contributed by atoms with Crippen molar-refractivity contribution >= 4 is 22.9 Å². The topological polar surface area (TPSA) is 113 Å². The van der Waals surface area contributed by atoms with Crippen LogP contribution in [0.1, 0.15) is 34.3 Å². The smallest absolute Gasteiger partial charge is 0.272 e. The quantitative estimate of drug-likeness (QED) is 0.722.